The summed E-state index contributed by atoms with van der Waals surface area (Å²) in [6.45, 7) is 0. The number of carbonyl (C=O) groups is 2. The van der Waals surface area contributed by atoms with Crippen LogP contribution in [-0.2, 0) is 19.7 Å². The van der Waals surface area contributed by atoms with Crippen LogP contribution in [0.3, 0.4) is 0 Å². The molecule has 3 N–H and O–H groups in total. The lowest BCUT2D eigenvalue weighted by Crippen LogP contribution is -2.46. The summed E-state index contributed by atoms with van der Waals surface area (Å²) in [4.78, 5) is 25.6. The van der Waals surface area contributed by atoms with Crippen molar-refractivity contribution in [1.29, 1.82) is 5.26 Å². The number of carbonyl (C=O) groups excluding carboxylic acids is 2. The topological polar surface area (TPSA) is 105 Å². The molecule has 2 heterocycles. The van der Waals surface area contributed by atoms with E-state index in [1.54, 1.807) is 24.3 Å². The fourth-order valence-corrected chi connectivity index (χ4v) is 3.72. The number of fused-ring (bicyclic) bond motifs is 3. The Morgan fingerprint density at radius 1 is 1.26 bits per heavy atom. The number of nitrogens with zero attached hydrogens (tertiary/aromatic N) is 1. The fraction of sp³-hybridized carbons (Fsp3) is 0.235. The van der Waals surface area contributed by atoms with Crippen LogP contribution in [0.1, 0.15) is 24.8 Å². The number of allylic oxidation sites excluding steroid dienone is 1. The average molecular weight is 307 g/mol. The number of anilines is 1. The number of nitriles is 1. The maximum Gasteiger partial charge on any atom is 0.245 e. The van der Waals surface area contributed by atoms with E-state index in [-0.39, 0.29) is 22.8 Å². The van der Waals surface area contributed by atoms with E-state index in [4.69, 9.17) is 10.5 Å². The van der Waals surface area contributed by atoms with Gasteiger partial charge in [-0.05, 0) is 12.5 Å². The highest BCUT2D eigenvalue weighted by Crippen LogP contribution is 2.53. The van der Waals surface area contributed by atoms with Crippen molar-refractivity contribution in [3.05, 3.63) is 52.6 Å². The molecule has 1 aromatic rings. The number of rotatable bonds is 0. The molecular weight excluding hydrogens is 294 g/mol. The summed E-state index contributed by atoms with van der Waals surface area (Å²) < 4.78 is 5.53. The number of nitrogens with one attached hydrogen (secondary N) is 1. The van der Waals surface area contributed by atoms with Gasteiger partial charge in [0.05, 0.1) is 5.57 Å². The summed E-state index contributed by atoms with van der Waals surface area (Å²) in [7, 11) is 0. The van der Waals surface area contributed by atoms with Gasteiger partial charge in [-0.25, -0.2) is 0 Å². The fourth-order valence-electron chi connectivity index (χ4n) is 3.72. The minimum Gasteiger partial charge on any atom is -0.444 e. The Labute approximate surface area is 132 Å². The molecule has 1 amide bonds. The van der Waals surface area contributed by atoms with Crippen LogP contribution in [-0.4, -0.2) is 11.7 Å². The van der Waals surface area contributed by atoms with Gasteiger partial charge in [0, 0.05) is 24.1 Å². The number of amides is 1. The average Bonchev–Trinajstić information content (AvgIpc) is 2.81. The molecule has 114 valence electrons. The Kier molecular flexibility index (Phi) is 2.64. The van der Waals surface area contributed by atoms with Gasteiger partial charge in [-0.15, -0.1) is 0 Å². The first-order valence-electron chi connectivity index (χ1n) is 7.36. The highest BCUT2D eigenvalue weighted by Gasteiger charge is 2.59. The predicted molar refractivity (Wildman–Crippen MR) is 80.5 cm³/mol. The Morgan fingerprint density at radius 3 is 2.83 bits per heavy atom. The quantitative estimate of drug-likeness (QED) is 0.757. The molecule has 0 saturated carbocycles. The molecule has 1 aromatic carbocycles. The molecule has 0 saturated heterocycles. The molecule has 4 rings (SSSR count). The van der Waals surface area contributed by atoms with Crippen molar-refractivity contribution < 1.29 is 14.3 Å². The molecule has 6 heteroatoms. The Morgan fingerprint density at radius 2 is 2.04 bits per heavy atom. The lowest BCUT2D eigenvalue weighted by Gasteiger charge is -2.36. The van der Waals surface area contributed by atoms with Crippen LogP contribution < -0.4 is 11.1 Å². The van der Waals surface area contributed by atoms with E-state index in [0.29, 0.717) is 36.3 Å². The minimum atomic E-state index is -1.49. The molecular formula is C17H13N3O3. The molecule has 0 fully saturated rings. The van der Waals surface area contributed by atoms with Crippen molar-refractivity contribution in [3.63, 3.8) is 0 Å². The predicted octanol–water partition coefficient (Wildman–Crippen LogP) is 1.61. The van der Waals surface area contributed by atoms with Gasteiger partial charge < -0.3 is 15.8 Å². The first-order chi connectivity index (χ1) is 11.1. The van der Waals surface area contributed by atoms with Crippen molar-refractivity contribution in [2.75, 3.05) is 5.32 Å². The molecule has 0 aromatic heterocycles. The van der Waals surface area contributed by atoms with E-state index in [1.165, 1.54) is 0 Å². The summed E-state index contributed by atoms with van der Waals surface area (Å²) in [6.07, 6.45) is 1.50. The summed E-state index contributed by atoms with van der Waals surface area (Å²) in [6, 6.07) is 9.04. The number of hydrogen-bond acceptors (Lipinski definition) is 5. The van der Waals surface area contributed by atoms with Gasteiger partial charge >= 0.3 is 0 Å². The maximum atomic E-state index is 12.9. The Balaban J connectivity index is 2.12. The maximum absolute atomic E-state index is 12.9. The molecule has 6 nitrogen and oxygen atoms in total. The first-order valence-corrected chi connectivity index (χ1v) is 7.36. The molecule has 3 aliphatic rings. The highest BCUT2D eigenvalue weighted by molar-refractivity contribution is 6.19. The third-order valence-electron chi connectivity index (χ3n) is 4.63. The number of ketones is 1. The Bertz CT molecular complexity index is 875. The summed E-state index contributed by atoms with van der Waals surface area (Å²) >= 11 is 0. The zero-order chi connectivity index (χ0) is 16.2. The standard InChI is InChI=1S/C17H13N3O3/c18-8-10-15(19)23-13-7-3-6-12(21)14(13)17(10)9-4-1-2-5-11(9)20-16(17)22/h1-2,4-5H,3,6-7,19H2,(H,20,22)/t17-/m1/s1. The van der Waals surface area contributed by atoms with Crippen molar-refractivity contribution in [3.8, 4) is 6.07 Å². The molecule has 0 bridgehead atoms. The lowest BCUT2D eigenvalue weighted by molar-refractivity contribution is -0.123. The zero-order valence-corrected chi connectivity index (χ0v) is 12.2. The highest BCUT2D eigenvalue weighted by atomic mass is 16.5. The summed E-state index contributed by atoms with van der Waals surface area (Å²) in [5, 5.41) is 12.4. The van der Waals surface area contributed by atoms with Crippen LogP contribution in [0.2, 0.25) is 0 Å². The molecule has 0 unspecified atom stereocenters. The van der Waals surface area contributed by atoms with Crippen LogP contribution in [0.4, 0.5) is 5.69 Å². The van der Waals surface area contributed by atoms with Gasteiger partial charge in [0.1, 0.15) is 22.8 Å². The second-order valence-corrected chi connectivity index (χ2v) is 5.78. The number of Topliss-reactive ketones (excluding diaryl/α,β-unsaturated/α-hetero) is 1. The molecule has 1 spiro atoms. The van der Waals surface area contributed by atoms with E-state index in [9.17, 15) is 14.9 Å². The lowest BCUT2D eigenvalue weighted by atomic mass is 9.65. The van der Waals surface area contributed by atoms with Crippen molar-refractivity contribution in [2.24, 2.45) is 5.73 Å². The van der Waals surface area contributed by atoms with Gasteiger partial charge in [0.2, 0.25) is 11.8 Å². The number of para-hydroxylation sites is 1. The molecule has 1 atom stereocenters. The zero-order valence-electron chi connectivity index (χ0n) is 12.2. The third-order valence-corrected chi connectivity index (χ3v) is 4.63. The van der Waals surface area contributed by atoms with E-state index < -0.39 is 11.3 Å². The monoisotopic (exact) mass is 307 g/mol. The summed E-state index contributed by atoms with van der Waals surface area (Å²) in [5.41, 5.74) is 5.85. The van der Waals surface area contributed by atoms with Gasteiger partial charge in [-0.3, -0.25) is 9.59 Å². The van der Waals surface area contributed by atoms with Gasteiger partial charge in [-0.2, -0.15) is 5.26 Å². The van der Waals surface area contributed by atoms with E-state index in [0.717, 1.165) is 0 Å². The second kappa shape index (κ2) is 4.46. The number of hydrogen-bond donors (Lipinski definition) is 2. The van der Waals surface area contributed by atoms with Gasteiger partial charge in [0.15, 0.2) is 5.78 Å². The van der Waals surface area contributed by atoms with Crippen molar-refractivity contribution >= 4 is 17.4 Å². The van der Waals surface area contributed by atoms with E-state index in [2.05, 4.69) is 5.32 Å². The number of ether oxygens (including phenoxy) is 1. The Hall–Kier alpha value is -3.07. The van der Waals surface area contributed by atoms with Crippen LogP contribution in [0.25, 0.3) is 0 Å². The molecule has 0 radical (unpaired) electrons. The van der Waals surface area contributed by atoms with Gasteiger partial charge in [-0.1, -0.05) is 18.2 Å². The smallest absolute Gasteiger partial charge is 0.245 e. The third kappa shape index (κ3) is 1.51. The van der Waals surface area contributed by atoms with Crippen LogP contribution in [0.5, 0.6) is 0 Å². The minimum absolute atomic E-state index is 0.0195. The molecule has 2 aliphatic heterocycles. The molecule has 23 heavy (non-hydrogen) atoms. The first kappa shape index (κ1) is 13.6. The van der Waals surface area contributed by atoms with Crippen molar-refractivity contribution in [2.45, 2.75) is 24.7 Å². The van der Waals surface area contributed by atoms with Crippen LogP contribution in [0.15, 0.2) is 47.1 Å². The van der Waals surface area contributed by atoms with E-state index in [1.807, 2.05) is 6.07 Å². The van der Waals surface area contributed by atoms with Gasteiger partial charge in [0.25, 0.3) is 0 Å². The largest absolute Gasteiger partial charge is 0.444 e. The number of benzene rings is 1. The van der Waals surface area contributed by atoms with Crippen LogP contribution >= 0.6 is 0 Å². The second-order valence-electron chi connectivity index (χ2n) is 5.78. The van der Waals surface area contributed by atoms with Crippen LogP contribution in [0, 0.1) is 11.3 Å². The molecule has 1 aliphatic carbocycles. The van der Waals surface area contributed by atoms with E-state index >= 15 is 0 Å². The normalized spacial score (nSPS) is 25.7. The van der Waals surface area contributed by atoms with Crippen molar-refractivity contribution in [1.82, 2.24) is 0 Å². The number of nitrogens with two attached hydrogens (primary N) is 1. The SMILES string of the molecule is N#CC1=C(N)OC2=C(C(=O)CCC2)[C@]12C(=O)Nc1ccccc12. The summed E-state index contributed by atoms with van der Waals surface area (Å²) in [5.74, 6) is -0.292.